The van der Waals surface area contributed by atoms with Crippen LogP contribution in [0.3, 0.4) is 0 Å². The highest BCUT2D eigenvalue weighted by Crippen LogP contribution is 2.61. The Balaban J connectivity index is 1.37. The van der Waals surface area contributed by atoms with Gasteiger partial charge in [0.15, 0.2) is 0 Å². The van der Waals surface area contributed by atoms with Gasteiger partial charge in [-0.25, -0.2) is 0 Å². The summed E-state index contributed by atoms with van der Waals surface area (Å²) in [5.41, 5.74) is 0.188. The fourth-order valence-corrected chi connectivity index (χ4v) is 6.90. The van der Waals surface area contributed by atoms with Crippen LogP contribution in [0.1, 0.15) is 64.2 Å². The zero-order valence-electron chi connectivity index (χ0n) is 16.9. The number of hydrogen-bond acceptors (Lipinski definition) is 3. The number of halogens is 1. The van der Waals surface area contributed by atoms with E-state index in [1.54, 1.807) is 13.0 Å². The van der Waals surface area contributed by atoms with Crippen LogP contribution >= 0.6 is 11.6 Å². The van der Waals surface area contributed by atoms with E-state index in [1.165, 1.54) is 6.42 Å². The van der Waals surface area contributed by atoms with E-state index in [1.807, 2.05) is 25.1 Å². The first-order chi connectivity index (χ1) is 13.8. The Morgan fingerprint density at radius 2 is 1.90 bits per heavy atom. The van der Waals surface area contributed by atoms with Gasteiger partial charge in [0.2, 0.25) is 11.8 Å². The van der Waals surface area contributed by atoms with E-state index in [9.17, 15) is 9.59 Å². The molecule has 4 aliphatic rings. The number of carbonyl (C=O) groups excluding carboxylic acids is 2. The third-order valence-electron chi connectivity index (χ3n) is 7.26. The smallest absolute Gasteiger partial charge is 0.226 e. The maximum absolute atomic E-state index is 13.5. The molecule has 0 saturated heterocycles. The molecule has 2 amide bonds. The summed E-state index contributed by atoms with van der Waals surface area (Å²) in [6, 6.07) is 7.25. The van der Waals surface area contributed by atoms with Gasteiger partial charge in [-0.1, -0.05) is 11.6 Å². The van der Waals surface area contributed by atoms with Gasteiger partial charge >= 0.3 is 0 Å². The van der Waals surface area contributed by atoms with Crippen molar-refractivity contribution in [2.24, 2.45) is 17.3 Å². The molecule has 0 radical (unpaired) electrons. The van der Waals surface area contributed by atoms with Crippen molar-refractivity contribution in [3.05, 3.63) is 35.0 Å². The average molecular weight is 415 g/mol. The number of furan rings is 1. The van der Waals surface area contributed by atoms with Crippen molar-refractivity contribution >= 4 is 34.4 Å². The predicted octanol–water partition coefficient (Wildman–Crippen LogP) is 4.74. The number of fused-ring (bicyclic) bond motifs is 1. The molecule has 6 rings (SSSR count). The van der Waals surface area contributed by atoms with Gasteiger partial charge in [0.05, 0.1) is 11.5 Å². The number of hydrogen-bond donors (Lipinski definition) is 2. The SMILES string of the molecule is CC(=O)NC12C[C@H]3C[C@@H](C1)CC(C(=O)N[C@H](C)c1cc4cc(Cl)ccc4o1)(C3)C2. The first-order valence-electron chi connectivity index (χ1n) is 10.5. The fraction of sp³-hybridized carbons (Fsp3) is 0.565. The maximum atomic E-state index is 13.5. The lowest BCUT2D eigenvalue weighted by Crippen LogP contribution is -2.65. The molecule has 4 saturated carbocycles. The lowest BCUT2D eigenvalue weighted by molar-refractivity contribution is -0.153. The Morgan fingerprint density at radius 3 is 2.59 bits per heavy atom. The Morgan fingerprint density at radius 1 is 1.17 bits per heavy atom. The monoisotopic (exact) mass is 414 g/mol. The average Bonchev–Trinajstić information content (AvgIpc) is 3.02. The zero-order valence-corrected chi connectivity index (χ0v) is 17.6. The maximum Gasteiger partial charge on any atom is 0.226 e. The van der Waals surface area contributed by atoms with Gasteiger partial charge in [-0.05, 0) is 81.5 Å². The summed E-state index contributed by atoms with van der Waals surface area (Å²) >= 11 is 6.08. The highest BCUT2D eigenvalue weighted by molar-refractivity contribution is 6.31. The number of amides is 2. The van der Waals surface area contributed by atoms with E-state index in [2.05, 4.69) is 10.6 Å². The van der Waals surface area contributed by atoms with Gasteiger partial charge in [0, 0.05) is 22.9 Å². The van der Waals surface area contributed by atoms with Crippen LogP contribution in [0.15, 0.2) is 28.7 Å². The molecule has 154 valence electrons. The third kappa shape index (κ3) is 3.24. The van der Waals surface area contributed by atoms with Crippen LogP contribution in [0, 0.1) is 17.3 Å². The molecular formula is C23H27ClN2O3. The lowest BCUT2D eigenvalue weighted by atomic mass is 9.46. The van der Waals surface area contributed by atoms with E-state index in [0.29, 0.717) is 16.9 Å². The van der Waals surface area contributed by atoms with Gasteiger partial charge in [0.25, 0.3) is 0 Å². The molecule has 1 heterocycles. The quantitative estimate of drug-likeness (QED) is 0.759. The van der Waals surface area contributed by atoms with Crippen LogP contribution in [0.4, 0.5) is 0 Å². The summed E-state index contributed by atoms with van der Waals surface area (Å²) in [5.74, 6) is 1.90. The second-order valence-corrected chi connectivity index (χ2v) is 10.2. The molecule has 2 aromatic rings. The van der Waals surface area contributed by atoms with Gasteiger partial charge in [-0.15, -0.1) is 0 Å². The van der Waals surface area contributed by atoms with Crippen LogP contribution < -0.4 is 10.6 Å². The molecular weight excluding hydrogens is 388 g/mol. The summed E-state index contributed by atoms with van der Waals surface area (Å²) in [7, 11) is 0. The fourth-order valence-electron chi connectivity index (χ4n) is 6.72. The van der Waals surface area contributed by atoms with Crippen molar-refractivity contribution < 1.29 is 14.0 Å². The molecule has 2 N–H and O–H groups in total. The normalized spacial score (nSPS) is 33.6. The molecule has 0 spiro atoms. The minimum Gasteiger partial charge on any atom is -0.459 e. The van der Waals surface area contributed by atoms with Crippen LogP contribution in [0.2, 0.25) is 5.02 Å². The van der Waals surface area contributed by atoms with E-state index < -0.39 is 0 Å². The summed E-state index contributed by atoms with van der Waals surface area (Å²) < 4.78 is 5.95. The number of nitrogens with one attached hydrogen (secondary N) is 2. The number of benzene rings is 1. The van der Waals surface area contributed by atoms with E-state index >= 15 is 0 Å². The summed E-state index contributed by atoms with van der Waals surface area (Å²) in [6.45, 7) is 3.54. The van der Waals surface area contributed by atoms with Gasteiger partial charge in [-0.2, -0.15) is 0 Å². The molecule has 4 fully saturated rings. The van der Waals surface area contributed by atoms with Gasteiger partial charge in [0.1, 0.15) is 11.3 Å². The van der Waals surface area contributed by atoms with Crippen molar-refractivity contribution in [3.8, 4) is 0 Å². The topological polar surface area (TPSA) is 71.3 Å². The van der Waals surface area contributed by atoms with Crippen molar-refractivity contribution in [2.45, 2.75) is 64.0 Å². The molecule has 29 heavy (non-hydrogen) atoms. The molecule has 1 aromatic carbocycles. The molecule has 0 aliphatic heterocycles. The largest absolute Gasteiger partial charge is 0.459 e. The minimum absolute atomic E-state index is 0.0109. The van der Waals surface area contributed by atoms with Gasteiger partial charge in [-0.3, -0.25) is 9.59 Å². The second-order valence-electron chi connectivity index (χ2n) is 9.73. The minimum atomic E-state index is -0.379. The van der Waals surface area contributed by atoms with Crippen LogP contribution in [0.5, 0.6) is 0 Å². The third-order valence-corrected chi connectivity index (χ3v) is 7.49. The summed E-state index contributed by atoms with van der Waals surface area (Å²) in [5, 5.41) is 8.05. The Bertz CT molecular complexity index is 983. The Kier molecular flexibility index (Phi) is 4.25. The molecule has 4 bridgehead atoms. The number of carbonyl (C=O) groups is 2. The molecule has 5 atom stereocenters. The second kappa shape index (κ2) is 6.49. The highest BCUT2D eigenvalue weighted by atomic mass is 35.5. The van der Waals surface area contributed by atoms with Crippen LogP contribution in [-0.2, 0) is 9.59 Å². The molecule has 5 nitrogen and oxygen atoms in total. The molecule has 6 heteroatoms. The first kappa shape index (κ1) is 19.0. The van der Waals surface area contributed by atoms with Crippen LogP contribution in [-0.4, -0.2) is 17.4 Å². The predicted molar refractivity (Wildman–Crippen MR) is 111 cm³/mol. The molecule has 1 aromatic heterocycles. The first-order valence-corrected chi connectivity index (χ1v) is 10.9. The standard InChI is InChI=1S/C23H27ClN2O3/c1-13(20-7-17-6-18(24)3-4-19(17)29-20)25-21(28)22-8-15-5-16(9-22)11-23(10-15,12-22)26-14(2)27/h3-4,6-7,13,15-16H,5,8-12H2,1-2H3,(H,25,28)(H,26,27)/t13-,15-,16+,22?,23?/m1/s1. The van der Waals surface area contributed by atoms with E-state index in [0.717, 1.165) is 48.8 Å². The van der Waals surface area contributed by atoms with Crippen LogP contribution in [0.25, 0.3) is 11.0 Å². The van der Waals surface area contributed by atoms with Crippen molar-refractivity contribution in [2.75, 3.05) is 0 Å². The Labute approximate surface area is 175 Å². The number of rotatable bonds is 4. The van der Waals surface area contributed by atoms with Crippen molar-refractivity contribution in [3.63, 3.8) is 0 Å². The highest BCUT2D eigenvalue weighted by Gasteiger charge is 2.61. The molecule has 2 unspecified atom stereocenters. The van der Waals surface area contributed by atoms with Gasteiger partial charge < -0.3 is 15.1 Å². The zero-order chi connectivity index (χ0) is 20.4. The van der Waals surface area contributed by atoms with E-state index in [-0.39, 0.29) is 28.8 Å². The lowest BCUT2D eigenvalue weighted by Gasteiger charge is -2.61. The van der Waals surface area contributed by atoms with Crippen molar-refractivity contribution in [1.29, 1.82) is 0 Å². The molecule has 4 aliphatic carbocycles. The van der Waals surface area contributed by atoms with Crippen molar-refractivity contribution in [1.82, 2.24) is 10.6 Å². The van der Waals surface area contributed by atoms with E-state index in [4.69, 9.17) is 16.0 Å². The Hall–Kier alpha value is -2.01. The summed E-state index contributed by atoms with van der Waals surface area (Å²) in [6.07, 6.45) is 5.82. The summed E-state index contributed by atoms with van der Waals surface area (Å²) in [4.78, 5) is 25.3.